The second-order valence-corrected chi connectivity index (χ2v) is 10.9. The van der Waals surface area contributed by atoms with Crippen molar-refractivity contribution in [1.29, 1.82) is 0 Å². The number of piperidine rings is 1. The fourth-order valence-corrected chi connectivity index (χ4v) is 6.73. The maximum atomic E-state index is 13.3. The Balaban J connectivity index is 1.23. The van der Waals surface area contributed by atoms with Crippen LogP contribution in [0, 0.1) is 11.8 Å². The molecule has 0 spiro atoms. The topological polar surface area (TPSA) is 64.1 Å². The minimum Gasteiger partial charge on any atom is -0.481 e. The van der Waals surface area contributed by atoms with Crippen LogP contribution in [0.4, 0.5) is 5.69 Å². The number of amides is 1. The maximum Gasteiger partial charge on any atom is 0.306 e. The summed E-state index contributed by atoms with van der Waals surface area (Å²) in [5, 5.41) is 10.0. The number of carbonyl (C=O) groups excluding carboxylic acids is 1. The number of rotatable bonds is 5. The van der Waals surface area contributed by atoms with Crippen LogP contribution < -0.4 is 4.90 Å². The van der Waals surface area contributed by atoms with Gasteiger partial charge in [-0.25, -0.2) is 0 Å². The van der Waals surface area contributed by atoms with Gasteiger partial charge < -0.3 is 14.9 Å². The number of hydrogen-bond acceptors (Lipinski definition) is 4. The smallest absolute Gasteiger partial charge is 0.306 e. The zero-order chi connectivity index (χ0) is 22.9. The number of aliphatic carboxylic acids is 1. The van der Waals surface area contributed by atoms with E-state index >= 15 is 0 Å². The van der Waals surface area contributed by atoms with E-state index in [1.165, 1.54) is 31.2 Å². The van der Waals surface area contributed by atoms with Crippen LogP contribution in [-0.4, -0.2) is 72.1 Å². The van der Waals surface area contributed by atoms with Crippen molar-refractivity contribution in [2.24, 2.45) is 11.8 Å². The zero-order valence-electron chi connectivity index (χ0n) is 19.4. The monoisotopic (exact) mass is 473 g/mol. The number of benzene rings is 1. The summed E-state index contributed by atoms with van der Waals surface area (Å²) in [7, 11) is 0. The molecule has 0 radical (unpaired) electrons. The van der Waals surface area contributed by atoms with Gasteiger partial charge in [-0.3, -0.25) is 14.5 Å². The molecule has 1 aliphatic carbocycles. The first-order chi connectivity index (χ1) is 16.0. The van der Waals surface area contributed by atoms with Gasteiger partial charge in [0.1, 0.15) is 0 Å². The highest BCUT2D eigenvalue weighted by Gasteiger charge is 2.38. The van der Waals surface area contributed by atoms with Gasteiger partial charge in [0.2, 0.25) is 5.91 Å². The molecule has 1 amide bonds. The SMILES string of the molecule is O=C(O)C1CCN(c2cc(Cl)ccc2C2CCN(C(=O)C3CCN(C4CCCC4)C3)C2)CC1. The average molecular weight is 474 g/mol. The number of carbonyl (C=O) groups is 2. The third-order valence-electron chi connectivity index (χ3n) is 8.53. The lowest BCUT2D eigenvalue weighted by atomic mass is 9.92. The van der Waals surface area contributed by atoms with Gasteiger partial charge in [-0.2, -0.15) is 0 Å². The molecular formula is C26H36ClN3O3. The molecule has 2 unspecified atom stereocenters. The summed E-state index contributed by atoms with van der Waals surface area (Å²) in [4.78, 5) is 31.7. The molecule has 3 saturated heterocycles. The first kappa shape index (κ1) is 23.0. The summed E-state index contributed by atoms with van der Waals surface area (Å²) in [5.74, 6) is -0.131. The maximum absolute atomic E-state index is 13.3. The average Bonchev–Trinajstić information content (AvgIpc) is 3.60. The number of halogens is 1. The summed E-state index contributed by atoms with van der Waals surface area (Å²) in [6, 6.07) is 6.80. The lowest BCUT2D eigenvalue weighted by Crippen LogP contribution is -2.38. The fourth-order valence-electron chi connectivity index (χ4n) is 6.57. The Hall–Kier alpha value is -1.79. The van der Waals surface area contributed by atoms with E-state index < -0.39 is 5.97 Å². The Bertz CT molecular complexity index is 880. The van der Waals surface area contributed by atoms with Crippen LogP contribution in [0.5, 0.6) is 0 Å². The number of nitrogens with zero attached hydrogens (tertiary/aromatic N) is 3. The Morgan fingerprint density at radius 2 is 1.61 bits per heavy atom. The van der Waals surface area contributed by atoms with E-state index in [-0.39, 0.29) is 11.8 Å². The molecule has 1 saturated carbocycles. The van der Waals surface area contributed by atoms with Crippen LogP contribution in [0.25, 0.3) is 0 Å². The molecule has 3 aliphatic heterocycles. The van der Waals surface area contributed by atoms with Gasteiger partial charge in [-0.1, -0.05) is 30.5 Å². The van der Waals surface area contributed by atoms with Crippen molar-refractivity contribution in [3.8, 4) is 0 Å². The summed E-state index contributed by atoms with van der Waals surface area (Å²) < 4.78 is 0. The predicted octanol–water partition coefficient (Wildman–Crippen LogP) is 4.22. The highest BCUT2D eigenvalue weighted by Crippen LogP contribution is 2.38. The highest BCUT2D eigenvalue weighted by atomic mass is 35.5. The minimum absolute atomic E-state index is 0.157. The quantitative estimate of drug-likeness (QED) is 0.693. The fraction of sp³-hybridized carbons (Fsp3) is 0.692. The van der Waals surface area contributed by atoms with Gasteiger partial charge in [0, 0.05) is 55.4 Å². The molecule has 1 aromatic carbocycles. The third kappa shape index (κ3) is 4.88. The molecule has 3 heterocycles. The normalized spacial score (nSPS) is 27.5. The second-order valence-electron chi connectivity index (χ2n) is 10.5. The molecule has 180 valence electrons. The van der Waals surface area contributed by atoms with E-state index in [1.807, 2.05) is 12.1 Å². The van der Waals surface area contributed by atoms with E-state index in [0.29, 0.717) is 35.7 Å². The predicted molar refractivity (Wildman–Crippen MR) is 130 cm³/mol. The Labute approximate surface area is 201 Å². The molecule has 1 N–H and O–H groups in total. The molecule has 4 aliphatic rings. The van der Waals surface area contributed by atoms with Gasteiger partial charge in [-0.05, 0) is 62.8 Å². The van der Waals surface area contributed by atoms with Crippen molar-refractivity contribution in [2.75, 3.05) is 44.2 Å². The number of carboxylic acids is 1. The largest absolute Gasteiger partial charge is 0.481 e. The van der Waals surface area contributed by atoms with E-state index in [0.717, 1.165) is 57.8 Å². The molecule has 0 bridgehead atoms. The molecule has 6 nitrogen and oxygen atoms in total. The van der Waals surface area contributed by atoms with E-state index in [9.17, 15) is 14.7 Å². The van der Waals surface area contributed by atoms with Crippen LogP contribution in [0.15, 0.2) is 18.2 Å². The van der Waals surface area contributed by atoms with Crippen molar-refractivity contribution in [1.82, 2.24) is 9.80 Å². The highest BCUT2D eigenvalue weighted by molar-refractivity contribution is 6.30. The van der Waals surface area contributed by atoms with Gasteiger partial charge in [-0.15, -0.1) is 0 Å². The van der Waals surface area contributed by atoms with Crippen molar-refractivity contribution in [3.05, 3.63) is 28.8 Å². The van der Waals surface area contributed by atoms with Crippen LogP contribution in [0.1, 0.15) is 62.8 Å². The summed E-state index contributed by atoms with van der Waals surface area (Å²) in [5.41, 5.74) is 2.38. The van der Waals surface area contributed by atoms with E-state index in [2.05, 4.69) is 20.8 Å². The van der Waals surface area contributed by atoms with Crippen LogP contribution in [-0.2, 0) is 9.59 Å². The van der Waals surface area contributed by atoms with E-state index in [4.69, 9.17) is 11.6 Å². The van der Waals surface area contributed by atoms with Crippen molar-refractivity contribution >= 4 is 29.2 Å². The molecule has 0 aromatic heterocycles. The van der Waals surface area contributed by atoms with Gasteiger partial charge in [0.25, 0.3) is 0 Å². The molecule has 33 heavy (non-hydrogen) atoms. The van der Waals surface area contributed by atoms with Gasteiger partial charge >= 0.3 is 5.97 Å². The molecular weight excluding hydrogens is 438 g/mol. The van der Waals surface area contributed by atoms with Crippen LogP contribution in [0.3, 0.4) is 0 Å². The number of anilines is 1. The van der Waals surface area contributed by atoms with Crippen molar-refractivity contribution in [3.63, 3.8) is 0 Å². The lowest BCUT2D eigenvalue weighted by molar-refractivity contribution is -0.142. The third-order valence-corrected chi connectivity index (χ3v) is 8.76. The van der Waals surface area contributed by atoms with Crippen molar-refractivity contribution < 1.29 is 14.7 Å². The molecule has 5 rings (SSSR count). The summed E-state index contributed by atoms with van der Waals surface area (Å²) in [6.07, 6.45) is 8.58. The second kappa shape index (κ2) is 9.83. The molecule has 7 heteroatoms. The Kier molecular flexibility index (Phi) is 6.84. The van der Waals surface area contributed by atoms with Gasteiger partial charge in [0.15, 0.2) is 0 Å². The van der Waals surface area contributed by atoms with Crippen molar-refractivity contribution in [2.45, 2.75) is 63.3 Å². The van der Waals surface area contributed by atoms with Crippen LogP contribution >= 0.6 is 11.6 Å². The zero-order valence-corrected chi connectivity index (χ0v) is 20.2. The first-order valence-electron chi connectivity index (χ1n) is 12.8. The molecule has 4 fully saturated rings. The first-order valence-corrected chi connectivity index (χ1v) is 13.2. The summed E-state index contributed by atoms with van der Waals surface area (Å²) >= 11 is 6.36. The molecule has 1 aromatic rings. The lowest BCUT2D eigenvalue weighted by Gasteiger charge is -2.34. The van der Waals surface area contributed by atoms with E-state index in [1.54, 1.807) is 0 Å². The minimum atomic E-state index is -0.690. The van der Waals surface area contributed by atoms with Crippen LogP contribution in [0.2, 0.25) is 5.02 Å². The number of hydrogen-bond donors (Lipinski definition) is 1. The standard InChI is InChI=1S/C26H36ClN3O3/c27-21-5-6-23(24(15-21)28-11-7-18(8-12-28)26(32)33)19-9-14-30(16-19)25(31)20-10-13-29(17-20)22-3-1-2-4-22/h5-6,15,18-20,22H,1-4,7-14,16-17H2,(H,32,33). The summed E-state index contributed by atoms with van der Waals surface area (Å²) in [6.45, 7) is 5.09. The Morgan fingerprint density at radius 1 is 0.879 bits per heavy atom. The number of likely N-dealkylation sites (tertiary alicyclic amines) is 2. The van der Waals surface area contributed by atoms with Gasteiger partial charge in [0.05, 0.1) is 11.8 Å². The Morgan fingerprint density at radius 3 is 2.33 bits per heavy atom. The molecule has 2 atom stereocenters. The number of carboxylic acid groups (broad SMARTS) is 1.